The molecule has 1 amide bonds. The number of amidine groups is 1. The molecule has 164 valence electrons. The molecule has 0 radical (unpaired) electrons. The molecule has 2 heterocycles. The highest BCUT2D eigenvalue weighted by Crippen LogP contribution is 2.34. The van der Waals surface area contributed by atoms with Gasteiger partial charge in [0.2, 0.25) is 0 Å². The maximum absolute atomic E-state index is 12.7. The van der Waals surface area contributed by atoms with Crippen LogP contribution >= 0.6 is 11.8 Å². The first kappa shape index (κ1) is 22.0. The van der Waals surface area contributed by atoms with E-state index in [1.807, 2.05) is 31.2 Å². The number of rotatable bonds is 4. The van der Waals surface area contributed by atoms with Gasteiger partial charge < -0.3 is 14.6 Å². The third kappa shape index (κ3) is 4.10. The Bertz CT molecular complexity index is 1280. The van der Waals surface area contributed by atoms with E-state index in [-0.39, 0.29) is 5.91 Å². The van der Waals surface area contributed by atoms with Gasteiger partial charge in [-0.15, -0.1) is 0 Å². The summed E-state index contributed by atoms with van der Waals surface area (Å²) in [6.45, 7) is 10.4. The minimum atomic E-state index is -0.142. The van der Waals surface area contributed by atoms with Crippen LogP contribution in [0.4, 0.5) is 5.69 Å². The lowest BCUT2D eigenvalue weighted by molar-refractivity contribution is -0.115. The third-order valence-corrected chi connectivity index (χ3v) is 6.69. The lowest BCUT2D eigenvalue weighted by Crippen LogP contribution is -2.19. The summed E-state index contributed by atoms with van der Waals surface area (Å²) in [5.74, 6) is 0.532. The highest BCUT2D eigenvalue weighted by molar-refractivity contribution is 8.18. The Morgan fingerprint density at radius 2 is 1.84 bits per heavy atom. The molecule has 0 bridgehead atoms. The zero-order valence-electron chi connectivity index (χ0n) is 19.2. The van der Waals surface area contributed by atoms with E-state index in [1.54, 1.807) is 7.11 Å². The summed E-state index contributed by atoms with van der Waals surface area (Å²) < 4.78 is 7.65. The lowest BCUT2D eigenvalue weighted by atomic mass is 10.1. The zero-order chi connectivity index (χ0) is 23.0. The predicted molar refractivity (Wildman–Crippen MR) is 133 cm³/mol. The molecule has 1 fully saturated rings. The molecule has 0 saturated carbocycles. The van der Waals surface area contributed by atoms with Crippen molar-refractivity contribution in [2.75, 3.05) is 7.11 Å². The number of hydrogen-bond donors (Lipinski definition) is 1. The molecule has 1 aliphatic heterocycles. The van der Waals surface area contributed by atoms with E-state index in [2.05, 4.69) is 66.8 Å². The summed E-state index contributed by atoms with van der Waals surface area (Å²) in [6, 6.07) is 14.3. The van der Waals surface area contributed by atoms with Gasteiger partial charge in [-0.05, 0) is 99.0 Å². The monoisotopic (exact) mass is 445 g/mol. The highest BCUT2D eigenvalue weighted by Gasteiger charge is 2.25. The molecule has 3 aromatic rings. The van der Waals surface area contributed by atoms with E-state index >= 15 is 0 Å². The summed E-state index contributed by atoms with van der Waals surface area (Å²) in [4.78, 5) is 17.9. The van der Waals surface area contributed by atoms with E-state index in [0.29, 0.717) is 21.5 Å². The van der Waals surface area contributed by atoms with Crippen LogP contribution in [0.2, 0.25) is 0 Å². The third-order valence-electron chi connectivity index (χ3n) is 5.78. The van der Waals surface area contributed by atoms with E-state index in [9.17, 15) is 4.79 Å². The summed E-state index contributed by atoms with van der Waals surface area (Å²) in [7, 11) is 1.62. The van der Waals surface area contributed by atoms with Crippen LogP contribution in [-0.4, -0.2) is 22.8 Å². The highest BCUT2D eigenvalue weighted by atomic mass is 32.2. The number of aromatic nitrogens is 1. The van der Waals surface area contributed by atoms with Crippen molar-refractivity contribution in [2.45, 2.75) is 34.6 Å². The van der Waals surface area contributed by atoms with Gasteiger partial charge >= 0.3 is 0 Å². The van der Waals surface area contributed by atoms with E-state index < -0.39 is 0 Å². The molecule has 1 saturated heterocycles. The van der Waals surface area contributed by atoms with Crippen molar-refractivity contribution in [3.63, 3.8) is 0 Å². The number of hydrogen-bond acceptors (Lipinski definition) is 4. The van der Waals surface area contributed by atoms with Crippen molar-refractivity contribution in [3.8, 4) is 11.4 Å². The van der Waals surface area contributed by atoms with Gasteiger partial charge in [-0.3, -0.25) is 4.79 Å². The summed E-state index contributed by atoms with van der Waals surface area (Å²) in [5.41, 5.74) is 8.71. The van der Waals surface area contributed by atoms with Gasteiger partial charge in [-0.25, -0.2) is 4.99 Å². The number of amides is 1. The molecule has 0 atom stereocenters. The van der Waals surface area contributed by atoms with Gasteiger partial charge in [-0.2, -0.15) is 0 Å². The maximum atomic E-state index is 12.7. The fourth-order valence-corrected chi connectivity index (χ4v) is 4.73. The second-order valence-corrected chi connectivity index (χ2v) is 9.07. The molecule has 0 unspecified atom stereocenters. The smallest absolute Gasteiger partial charge is 0.264 e. The number of benzene rings is 2. The minimum absolute atomic E-state index is 0.142. The number of ether oxygens (including phenoxy) is 1. The second kappa shape index (κ2) is 8.71. The fraction of sp³-hybridized carbons (Fsp3) is 0.231. The number of thioether (sulfide) groups is 1. The van der Waals surface area contributed by atoms with E-state index in [4.69, 9.17) is 4.74 Å². The van der Waals surface area contributed by atoms with Crippen molar-refractivity contribution in [3.05, 3.63) is 81.0 Å². The van der Waals surface area contributed by atoms with Crippen LogP contribution in [0, 0.1) is 34.6 Å². The van der Waals surface area contributed by atoms with Crippen molar-refractivity contribution < 1.29 is 9.53 Å². The van der Waals surface area contributed by atoms with Crippen LogP contribution in [-0.2, 0) is 4.79 Å². The van der Waals surface area contributed by atoms with E-state index in [1.165, 1.54) is 28.6 Å². The topological polar surface area (TPSA) is 55.6 Å². The standard InChI is InChI=1S/C26H27N3O2S/c1-15-10-11-23(31-6)21(12-15)27-26-28-25(30)24(32-26)14-20-13-17(3)29(19(20)5)22-9-7-8-16(2)18(22)4/h7-14H,1-6H3,(H,27,28,30)/b24-14-. The molecule has 0 aliphatic carbocycles. The van der Waals surface area contributed by atoms with Gasteiger partial charge in [0.1, 0.15) is 11.4 Å². The van der Waals surface area contributed by atoms with Crippen LogP contribution in [0.3, 0.4) is 0 Å². The lowest BCUT2D eigenvalue weighted by Gasteiger charge is -2.14. The second-order valence-electron chi connectivity index (χ2n) is 8.04. The number of carbonyl (C=O) groups is 1. The molecule has 0 spiro atoms. The van der Waals surface area contributed by atoms with Gasteiger partial charge in [0, 0.05) is 17.1 Å². The first-order valence-electron chi connectivity index (χ1n) is 10.5. The Morgan fingerprint density at radius 3 is 2.59 bits per heavy atom. The number of aliphatic imine (C=N–C) groups is 1. The molecule has 1 N–H and O–H groups in total. The number of nitrogens with one attached hydrogen (secondary N) is 1. The zero-order valence-corrected chi connectivity index (χ0v) is 20.1. The first-order chi connectivity index (χ1) is 15.3. The van der Waals surface area contributed by atoms with Crippen LogP contribution in [0.25, 0.3) is 11.8 Å². The Morgan fingerprint density at radius 1 is 1.06 bits per heavy atom. The molecule has 6 heteroatoms. The SMILES string of the molecule is COc1ccc(C)cc1N=C1NC(=O)/C(=C/c2cc(C)n(-c3cccc(C)c3C)c2C)S1. The Hall–Kier alpha value is -3.25. The number of methoxy groups -OCH3 is 1. The van der Waals surface area contributed by atoms with E-state index in [0.717, 1.165) is 22.5 Å². The number of aryl methyl sites for hydroxylation is 3. The van der Waals surface area contributed by atoms with Gasteiger partial charge in [0.05, 0.1) is 12.0 Å². The average Bonchev–Trinajstić information content (AvgIpc) is 3.23. The number of carbonyl (C=O) groups excluding carboxylic acids is 1. The predicted octanol–water partition coefficient (Wildman–Crippen LogP) is 5.92. The van der Waals surface area contributed by atoms with Crippen molar-refractivity contribution >= 4 is 34.6 Å². The Kier molecular flexibility index (Phi) is 5.98. The summed E-state index contributed by atoms with van der Waals surface area (Å²) in [5, 5.41) is 3.43. The molecule has 1 aliphatic rings. The van der Waals surface area contributed by atoms with Crippen molar-refractivity contribution in [1.82, 2.24) is 9.88 Å². The largest absolute Gasteiger partial charge is 0.494 e. The Balaban J connectivity index is 1.68. The molecule has 4 rings (SSSR count). The quantitative estimate of drug-likeness (QED) is 0.507. The molecule has 1 aromatic heterocycles. The van der Waals surface area contributed by atoms with Gasteiger partial charge in [-0.1, -0.05) is 18.2 Å². The minimum Gasteiger partial charge on any atom is -0.494 e. The van der Waals surface area contributed by atoms with Crippen LogP contribution in [0.1, 0.15) is 33.6 Å². The molecular weight excluding hydrogens is 418 g/mol. The summed E-state index contributed by atoms with van der Waals surface area (Å²) >= 11 is 1.34. The van der Waals surface area contributed by atoms with Crippen LogP contribution < -0.4 is 10.1 Å². The molecular formula is C26H27N3O2S. The van der Waals surface area contributed by atoms with Crippen LogP contribution in [0.5, 0.6) is 5.75 Å². The van der Waals surface area contributed by atoms with Gasteiger partial charge in [0.25, 0.3) is 5.91 Å². The fourth-order valence-electron chi connectivity index (χ4n) is 3.90. The Labute approximate surface area is 193 Å². The van der Waals surface area contributed by atoms with Crippen molar-refractivity contribution in [2.24, 2.45) is 4.99 Å². The van der Waals surface area contributed by atoms with Crippen molar-refractivity contribution in [1.29, 1.82) is 0 Å². The van der Waals surface area contributed by atoms with Gasteiger partial charge in [0.15, 0.2) is 5.17 Å². The average molecular weight is 446 g/mol. The number of nitrogens with zero attached hydrogens (tertiary/aromatic N) is 2. The first-order valence-corrected chi connectivity index (χ1v) is 11.3. The molecule has 2 aromatic carbocycles. The molecule has 5 nitrogen and oxygen atoms in total. The normalized spacial score (nSPS) is 16.1. The molecule has 32 heavy (non-hydrogen) atoms. The summed E-state index contributed by atoms with van der Waals surface area (Å²) in [6.07, 6.45) is 1.94. The maximum Gasteiger partial charge on any atom is 0.264 e. The van der Waals surface area contributed by atoms with Crippen LogP contribution in [0.15, 0.2) is 52.4 Å².